The highest BCUT2D eigenvalue weighted by atomic mass is 16.3. The molecule has 3 nitrogen and oxygen atoms in total. The van der Waals surface area contributed by atoms with Gasteiger partial charge in [0.15, 0.2) is 0 Å². The van der Waals surface area contributed by atoms with Crippen LogP contribution in [0, 0.1) is 0 Å². The molecular formula is C11H17NO2. The lowest BCUT2D eigenvalue weighted by molar-refractivity contribution is 0.0945. The second kappa shape index (κ2) is 4.44. The van der Waals surface area contributed by atoms with Gasteiger partial charge in [0, 0.05) is 12.2 Å². The van der Waals surface area contributed by atoms with Gasteiger partial charge >= 0.3 is 0 Å². The Hall–Kier alpha value is -1.06. The number of hydrogen-bond acceptors (Lipinski definition) is 3. The highest BCUT2D eigenvalue weighted by molar-refractivity contribution is 5.45. The third kappa shape index (κ3) is 3.77. The first-order valence-electron chi connectivity index (χ1n) is 4.67. The maximum Gasteiger partial charge on any atom is 0.0763 e. The van der Waals surface area contributed by atoms with Crippen molar-refractivity contribution in [1.82, 2.24) is 0 Å². The first-order valence-corrected chi connectivity index (χ1v) is 4.67. The fourth-order valence-corrected chi connectivity index (χ4v) is 1.10. The molecular weight excluding hydrogens is 178 g/mol. The standard InChI is InChI=1S/C11H17NO2/c1-11(2,14)8-12-10-5-3-4-9(6-10)7-13/h3-6,12-14H,7-8H2,1-2H3. The fraction of sp³-hybridized carbons (Fsp3) is 0.455. The van der Waals surface area contributed by atoms with Crippen LogP contribution in [0.1, 0.15) is 19.4 Å². The van der Waals surface area contributed by atoms with E-state index < -0.39 is 5.60 Å². The normalized spacial score (nSPS) is 11.4. The average molecular weight is 195 g/mol. The predicted octanol–water partition coefficient (Wildman–Crippen LogP) is 1.36. The van der Waals surface area contributed by atoms with Gasteiger partial charge in [-0.3, -0.25) is 0 Å². The topological polar surface area (TPSA) is 52.5 Å². The summed E-state index contributed by atoms with van der Waals surface area (Å²) in [6, 6.07) is 7.50. The molecule has 0 fully saturated rings. The fourth-order valence-electron chi connectivity index (χ4n) is 1.10. The van der Waals surface area contributed by atoms with E-state index in [0.29, 0.717) is 6.54 Å². The van der Waals surface area contributed by atoms with Crippen molar-refractivity contribution in [1.29, 1.82) is 0 Å². The molecule has 1 aromatic rings. The number of rotatable bonds is 4. The van der Waals surface area contributed by atoms with Crippen LogP contribution in [0.25, 0.3) is 0 Å². The number of aliphatic hydroxyl groups excluding tert-OH is 1. The summed E-state index contributed by atoms with van der Waals surface area (Å²) in [5.41, 5.74) is 1.05. The summed E-state index contributed by atoms with van der Waals surface area (Å²) in [7, 11) is 0. The van der Waals surface area contributed by atoms with Gasteiger partial charge in [0.2, 0.25) is 0 Å². The Balaban J connectivity index is 2.59. The Morgan fingerprint density at radius 3 is 2.64 bits per heavy atom. The molecule has 0 aromatic heterocycles. The van der Waals surface area contributed by atoms with Crippen LogP contribution in [0.5, 0.6) is 0 Å². The number of anilines is 1. The Bertz CT molecular complexity index is 292. The molecule has 78 valence electrons. The van der Waals surface area contributed by atoms with Crippen molar-refractivity contribution in [3.8, 4) is 0 Å². The predicted molar refractivity (Wildman–Crippen MR) is 57.2 cm³/mol. The smallest absolute Gasteiger partial charge is 0.0763 e. The summed E-state index contributed by atoms with van der Waals surface area (Å²) in [5, 5.41) is 21.5. The SMILES string of the molecule is CC(C)(O)CNc1cccc(CO)c1. The third-order valence-electron chi connectivity index (χ3n) is 1.83. The van der Waals surface area contributed by atoms with Crippen molar-refractivity contribution < 1.29 is 10.2 Å². The van der Waals surface area contributed by atoms with E-state index in [1.54, 1.807) is 13.8 Å². The van der Waals surface area contributed by atoms with Crippen molar-refractivity contribution >= 4 is 5.69 Å². The molecule has 0 aliphatic carbocycles. The van der Waals surface area contributed by atoms with Gasteiger partial charge in [0.25, 0.3) is 0 Å². The van der Waals surface area contributed by atoms with Crippen LogP contribution < -0.4 is 5.32 Å². The molecule has 0 bridgehead atoms. The maximum absolute atomic E-state index is 9.49. The molecule has 0 radical (unpaired) electrons. The van der Waals surface area contributed by atoms with Gasteiger partial charge in [0.05, 0.1) is 12.2 Å². The minimum Gasteiger partial charge on any atom is -0.392 e. The van der Waals surface area contributed by atoms with Crippen molar-refractivity contribution in [2.45, 2.75) is 26.1 Å². The first kappa shape index (κ1) is 11.0. The second-order valence-corrected chi connectivity index (χ2v) is 4.02. The number of aliphatic hydroxyl groups is 2. The molecule has 0 heterocycles. The van der Waals surface area contributed by atoms with E-state index in [9.17, 15) is 5.11 Å². The molecule has 1 rings (SSSR count). The first-order chi connectivity index (χ1) is 6.51. The summed E-state index contributed by atoms with van der Waals surface area (Å²) in [4.78, 5) is 0. The van der Waals surface area contributed by atoms with Gasteiger partial charge in [-0.05, 0) is 31.5 Å². The lowest BCUT2D eigenvalue weighted by Gasteiger charge is -2.18. The van der Waals surface area contributed by atoms with E-state index in [0.717, 1.165) is 11.3 Å². The zero-order valence-corrected chi connectivity index (χ0v) is 8.62. The minimum atomic E-state index is -0.727. The van der Waals surface area contributed by atoms with E-state index in [4.69, 9.17) is 5.11 Å². The molecule has 0 saturated heterocycles. The van der Waals surface area contributed by atoms with Gasteiger partial charge < -0.3 is 15.5 Å². The van der Waals surface area contributed by atoms with E-state index in [-0.39, 0.29) is 6.61 Å². The van der Waals surface area contributed by atoms with Crippen molar-refractivity contribution in [2.24, 2.45) is 0 Å². The van der Waals surface area contributed by atoms with Crippen molar-refractivity contribution in [3.05, 3.63) is 29.8 Å². The maximum atomic E-state index is 9.49. The van der Waals surface area contributed by atoms with Gasteiger partial charge in [0.1, 0.15) is 0 Å². The van der Waals surface area contributed by atoms with Gasteiger partial charge in [-0.25, -0.2) is 0 Å². The van der Waals surface area contributed by atoms with Crippen LogP contribution in [0.4, 0.5) is 5.69 Å². The van der Waals surface area contributed by atoms with E-state index in [2.05, 4.69) is 5.32 Å². The summed E-state index contributed by atoms with van der Waals surface area (Å²) in [6.07, 6.45) is 0. The van der Waals surface area contributed by atoms with Crippen LogP contribution in [0.3, 0.4) is 0 Å². The minimum absolute atomic E-state index is 0.0397. The van der Waals surface area contributed by atoms with Crippen molar-refractivity contribution in [3.63, 3.8) is 0 Å². The zero-order chi connectivity index (χ0) is 10.6. The molecule has 0 unspecified atom stereocenters. The van der Waals surface area contributed by atoms with Gasteiger partial charge in [-0.15, -0.1) is 0 Å². The highest BCUT2D eigenvalue weighted by Gasteiger charge is 2.11. The van der Waals surface area contributed by atoms with Crippen molar-refractivity contribution in [2.75, 3.05) is 11.9 Å². The van der Waals surface area contributed by atoms with E-state index >= 15 is 0 Å². The Morgan fingerprint density at radius 1 is 1.36 bits per heavy atom. The average Bonchev–Trinajstić information content (AvgIpc) is 2.14. The molecule has 14 heavy (non-hydrogen) atoms. The summed E-state index contributed by atoms with van der Waals surface area (Å²) in [6.45, 7) is 4.02. The molecule has 0 atom stereocenters. The summed E-state index contributed by atoms with van der Waals surface area (Å²) in [5.74, 6) is 0. The molecule has 0 spiro atoms. The van der Waals surface area contributed by atoms with E-state index in [1.807, 2.05) is 24.3 Å². The monoisotopic (exact) mass is 195 g/mol. The summed E-state index contributed by atoms with van der Waals surface area (Å²) < 4.78 is 0. The molecule has 0 aliphatic rings. The second-order valence-electron chi connectivity index (χ2n) is 4.02. The van der Waals surface area contributed by atoms with Crippen LogP contribution in [0.2, 0.25) is 0 Å². The largest absolute Gasteiger partial charge is 0.392 e. The highest BCUT2D eigenvalue weighted by Crippen LogP contribution is 2.12. The lowest BCUT2D eigenvalue weighted by Crippen LogP contribution is -2.29. The van der Waals surface area contributed by atoms with Gasteiger partial charge in [-0.2, -0.15) is 0 Å². The van der Waals surface area contributed by atoms with Crippen LogP contribution in [-0.2, 0) is 6.61 Å². The number of hydrogen-bond donors (Lipinski definition) is 3. The van der Waals surface area contributed by atoms with Crippen LogP contribution in [-0.4, -0.2) is 22.4 Å². The van der Waals surface area contributed by atoms with Crippen LogP contribution in [0.15, 0.2) is 24.3 Å². The quantitative estimate of drug-likeness (QED) is 0.680. The molecule has 3 N–H and O–H groups in total. The Labute approximate surface area is 84.4 Å². The van der Waals surface area contributed by atoms with E-state index in [1.165, 1.54) is 0 Å². The Kier molecular flexibility index (Phi) is 3.49. The van der Waals surface area contributed by atoms with Crippen LogP contribution >= 0.6 is 0 Å². The molecule has 1 aromatic carbocycles. The number of benzene rings is 1. The van der Waals surface area contributed by atoms with Gasteiger partial charge in [-0.1, -0.05) is 12.1 Å². The Morgan fingerprint density at radius 2 is 2.07 bits per heavy atom. The molecule has 3 heteroatoms. The summed E-state index contributed by atoms with van der Waals surface area (Å²) >= 11 is 0. The lowest BCUT2D eigenvalue weighted by atomic mass is 10.1. The zero-order valence-electron chi connectivity index (χ0n) is 8.62. The molecule has 0 saturated carbocycles. The third-order valence-corrected chi connectivity index (χ3v) is 1.83. The molecule has 0 amide bonds. The number of nitrogens with one attached hydrogen (secondary N) is 1. The molecule has 0 aliphatic heterocycles.